The van der Waals surface area contributed by atoms with Crippen LogP contribution >= 0.6 is 0 Å². The lowest BCUT2D eigenvalue weighted by Crippen LogP contribution is -2.46. The molecule has 1 aliphatic carbocycles. The lowest BCUT2D eigenvalue weighted by atomic mass is 9.75. The molecule has 1 saturated heterocycles. The molecule has 1 aromatic carbocycles. The van der Waals surface area contributed by atoms with E-state index >= 15 is 0 Å². The second-order valence-corrected chi connectivity index (χ2v) is 10.6. The van der Waals surface area contributed by atoms with Crippen LogP contribution in [0.4, 0.5) is 0 Å². The fourth-order valence-electron chi connectivity index (χ4n) is 4.14. The van der Waals surface area contributed by atoms with Gasteiger partial charge in [-0.1, -0.05) is 23.4 Å². The van der Waals surface area contributed by atoms with Gasteiger partial charge in [-0.05, 0) is 44.2 Å². The van der Waals surface area contributed by atoms with Crippen molar-refractivity contribution in [3.05, 3.63) is 42.0 Å². The summed E-state index contributed by atoms with van der Waals surface area (Å²) in [7, 11) is -1.80. The Labute approximate surface area is 182 Å². The van der Waals surface area contributed by atoms with Crippen molar-refractivity contribution in [1.29, 1.82) is 0 Å². The summed E-state index contributed by atoms with van der Waals surface area (Å²) in [5.74, 6) is 1.51. The number of piperidine rings is 1. The highest BCUT2D eigenvalue weighted by Gasteiger charge is 2.42. The van der Waals surface area contributed by atoms with E-state index in [1.807, 2.05) is 0 Å². The summed E-state index contributed by atoms with van der Waals surface area (Å²) in [5, 5.41) is 4.27. The maximum atomic E-state index is 12.7. The minimum absolute atomic E-state index is 0.0175. The first-order chi connectivity index (χ1) is 14.9. The van der Waals surface area contributed by atoms with Gasteiger partial charge in [-0.3, -0.25) is 4.79 Å². The third-order valence-corrected chi connectivity index (χ3v) is 8.12. The fourth-order valence-corrected chi connectivity index (χ4v) is 5.39. The van der Waals surface area contributed by atoms with Crippen molar-refractivity contribution in [2.45, 2.75) is 54.8 Å². The molecule has 0 radical (unpaired) electrons. The Bertz CT molecular complexity index is 993. The van der Waals surface area contributed by atoms with E-state index < -0.39 is 9.84 Å². The number of nitrogens with zero attached hydrogens (tertiary/aromatic N) is 3. The smallest absolute Gasteiger partial charge is 0.229 e. The van der Waals surface area contributed by atoms with Gasteiger partial charge in [0.15, 0.2) is 15.7 Å². The summed E-state index contributed by atoms with van der Waals surface area (Å²) in [6.07, 6.45) is 4.35. The molecule has 0 bridgehead atoms. The van der Waals surface area contributed by atoms with Gasteiger partial charge in [-0.2, -0.15) is 4.98 Å². The summed E-state index contributed by atoms with van der Waals surface area (Å²) in [6, 6.07) is 8.26. The van der Waals surface area contributed by atoms with Crippen molar-refractivity contribution in [1.82, 2.24) is 15.0 Å². The molecule has 2 aromatic rings. The molecule has 8 nitrogen and oxygen atoms in total. The first-order valence-electron chi connectivity index (χ1n) is 10.8. The molecule has 9 heteroatoms. The van der Waals surface area contributed by atoms with Crippen LogP contribution in [-0.2, 0) is 24.8 Å². The number of hydrogen-bond acceptors (Lipinski definition) is 7. The first kappa shape index (κ1) is 22.0. The molecule has 1 amide bonds. The monoisotopic (exact) mass is 447 g/mol. The van der Waals surface area contributed by atoms with Crippen LogP contribution in [0.5, 0.6) is 0 Å². The van der Waals surface area contributed by atoms with Crippen LogP contribution in [0.1, 0.15) is 56.2 Å². The Kier molecular flexibility index (Phi) is 6.43. The average molecular weight is 448 g/mol. The topological polar surface area (TPSA) is 103 Å². The van der Waals surface area contributed by atoms with Crippen molar-refractivity contribution in [2.24, 2.45) is 0 Å². The molecule has 0 N–H and O–H groups in total. The van der Waals surface area contributed by atoms with Crippen LogP contribution in [0.2, 0.25) is 0 Å². The second-order valence-electron chi connectivity index (χ2n) is 8.52. The van der Waals surface area contributed by atoms with E-state index in [0.717, 1.165) is 25.2 Å². The first-order valence-corrected chi connectivity index (χ1v) is 12.5. The Morgan fingerprint density at radius 2 is 1.94 bits per heavy atom. The lowest BCUT2D eigenvalue weighted by Gasteiger charge is -2.39. The molecule has 0 unspecified atom stereocenters. The zero-order valence-electron chi connectivity index (χ0n) is 17.8. The van der Waals surface area contributed by atoms with Crippen molar-refractivity contribution in [3.8, 4) is 0 Å². The van der Waals surface area contributed by atoms with Crippen LogP contribution < -0.4 is 0 Å². The summed E-state index contributed by atoms with van der Waals surface area (Å²) in [4.78, 5) is 19.4. The third-order valence-electron chi connectivity index (χ3n) is 6.39. The van der Waals surface area contributed by atoms with E-state index in [2.05, 4.69) is 10.1 Å². The third kappa shape index (κ3) is 4.98. The number of amides is 1. The van der Waals surface area contributed by atoms with Crippen molar-refractivity contribution >= 4 is 15.7 Å². The second kappa shape index (κ2) is 9.08. The van der Waals surface area contributed by atoms with Gasteiger partial charge in [-0.15, -0.1) is 0 Å². The molecule has 1 aliphatic heterocycles. The number of methoxy groups -OCH3 is 1. The van der Waals surface area contributed by atoms with E-state index in [9.17, 15) is 13.2 Å². The quantitative estimate of drug-likeness (QED) is 0.582. The Hall–Kier alpha value is -2.26. The highest BCUT2D eigenvalue weighted by Crippen LogP contribution is 2.42. The Morgan fingerprint density at radius 1 is 1.23 bits per heavy atom. The number of hydrogen-bond donors (Lipinski definition) is 0. The van der Waals surface area contributed by atoms with E-state index in [0.29, 0.717) is 44.3 Å². The Balaban J connectivity index is 1.37. The number of aromatic nitrogens is 2. The minimum Gasteiger partial charge on any atom is -0.385 e. The number of ether oxygens (including phenoxy) is 1. The standard InChI is InChI=1S/C22H29N3O5S/c1-29-15-12-22(21-23-20(30-24-21)17-7-8-17)10-13-25(14-11-22)19(26)9-16-31(27,28)18-5-3-2-4-6-18/h2-6,17H,7-16H2,1H3. The molecule has 168 valence electrons. The van der Waals surface area contributed by atoms with Crippen LogP contribution in [0.25, 0.3) is 0 Å². The van der Waals surface area contributed by atoms with Gasteiger partial charge in [0.05, 0.1) is 10.6 Å². The maximum absolute atomic E-state index is 12.7. The minimum atomic E-state index is -3.47. The molecule has 31 heavy (non-hydrogen) atoms. The normalized spacial score (nSPS) is 18.8. The number of benzene rings is 1. The van der Waals surface area contributed by atoms with Crippen molar-refractivity contribution in [2.75, 3.05) is 32.6 Å². The summed E-state index contributed by atoms with van der Waals surface area (Å²) >= 11 is 0. The molecular formula is C22H29N3O5S. The average Bonchev–Trinajstić information content (AvgIpc) is 3.53. The van der Waals surface area contributed by atoms with Crippen LogP contribution in [0, 0.1) is 0 Å². The summed E-state index contributed by atoms with van der Waals surface area (Å²) in [5.41, 5.74) is -0.278. The molecule has 0 spiro atoms. The molecule has 4 rings (SSSR count). The van der Waals surface area contributed by atoms with Gasteiger partial charge in [0.1, 0.15) is 0 Å². The number of rotatable bonds is 9. The summed E-state index contributed by atoms with van der Waals surface area (Å²) in [6.45, 7) is 1.67. The Morgan fingerprint density at radius 3 is 2.58 bits per heavy atom. The van der Waals surface area contributed by atoms with Crippen LogP contribution in [0.15, 0.2) is 39.8 Å². The van der Waals surface area contributed by atoms with Crippen molar-refractivity contribution in [3.63, 3.8) is 0 Å². The number of sulfone groups is 1. The number of carbonyl (C=O) groups is 1. The van der Waals surface area contributed by atoms with Crippen LogP contribution in [0.3, 0.4) is 0 Å². The molecular weight excluding hydrogens is 418 g/mol. The maximum Gasteiger partial charge on any atom is 0.229 e. The van der Waals surface area contributed by atoms with E-state index in [1.165, 1.54) is 0 Å². The predicted molar refractivity (Wildman–Crippen MR) is 113 cm³/mol. The molecule has 1 saturated carbocycles. The van der Waals surface area contributed by atoms with E-state index in [4.69, 9.17) is 9.26 Å². The zero-order chi connectivity index (χ0) is 21.9. The number of carbonyl (C=O) groups excluding carboxylic acids is 1. The zero-order valence-corrected chi connectivity index (χ0v) is 18.6. The lowest BCUT2D eigenvalue weighted by molar-refractivity contribution is -0.132. The van der Waals surface area contributed by atoms with Gasteiger partial charge >= 0.3 is 0 Å². The molecule has 1 aromatic heterocycles. The van der Waals surface area contributed by atoms with E-state index in [-0.39, 0.29) is 28.4 Å². The molecule has 0 atom stereocenters. The largest absolute Gasteiger partial charge is 0.385 e. The summed E-state index contributed by atoms with van der Waals surface area (Å²) < 4.78 is 35.8. The van der Waals surface area contributed by atoms with Gasteiger partial charge in [0.25, 0.3) is 0 Å². The highest BCUT2D eigenvalue weighted by molar-refractivity contribution is 7.91. The van der Waals surface area contributed by atoms with Crippen molar-refractivity contribution < 1.29 is 22.5 Å². The van der Waals surface area contributed by atoms with Gasteiger partial charge in [0, 0.05) is 44.6 Å². The fraction of sp³-hybridized carbons (Fsp3) is 0.591. The van der Waals surface area contributed by atoms with Gasteiger partial charge in [-0.25, -0.2) is 8.42 Å². The van der Waals surface area contributed by atoms with Gasteiger partial charge < -0.3 is 14.2 Å². The van der Waals surface area contributed by atoms with Crippen LogP contribution in [-0.4, -0.2) is 61.9 Å². The van der Waals surface area contributed by atoms with Gasteiger partial charge in [0.2, 0.25) is 11.8 Å². The molecule has 2 fully saturated rings. The van der Waals surface area contributed by atoms with E-state index in [1.54, 1.807) is 42.3 Å². The highest BCUT2D eigenvalue weighted by atomic mass is 32.2. The molecule has 2 heterocycles. The number of likely N-dealkylation sites (tertiary alicyclic amines) is 1. The molecule has 2 aliphatic rings. The predicted octanol–water partition coefficient (Wildman–Crippen LogP) is 2.71. The SMILES string of the molecule is COCCC1(c2noc(C3CC3)n2)CCN(C(=O)CCS(=O)(=O)c2ccccc2)CC1.